The van der Waals surface area contributed by atoms with Gasteiger partial charge in [0.2, 0.25) is 0 Å². The Bertz CT molecular complexity index is 540. The molecule has 0 saturated heterocycles. The largest absolute Gasteiger partial charge is 0.383 e. The molecule has 0 radical (unpaired) electrons. The van der Waals surface area contributed by atoms with Crippen molar-refractivity contribution in [2.45, 2.75) is 0 Å². The summed E-state index contributed by atoms with van der Waals surface area (Å²) in [7, 11) is 0. The smallest absolute Gasteiger partial charge is 0.284 e. The summed E-state index contributed by atoms with van der Waals surface area (Å²) in [5.41, 5.74) is 5.64. The number of carbonyl (C=O) groups excluding carboxylic acids is 1. The van der Waals surface area contributed by atoms with Gasteiger partial charge in [-0.3, -0.25) is 14.7 Å². The van der Waals surface area contributed by atoms with Crippen LogP contribution >= 0.6 is 0 Å². The fourth-order valence-electron chi connectivity index (χ4n) is 1.34. The van der Waals surface area contributed by atoms with Gasteiger partial charge in [-0.2, -0.15) is 0 Å². The second-order valence-electron chi connectivity index (χ2n) is 3.03. The van der Waals surface area contributed by atoms with Crippen LogP contribution in [0.25, 0.3) is 5.69 Å². The van der Waals surface area contributed by atoms with Crippen molar-refractivity contribution in [3.63, 3.8) is 0 Å². The maximum Gasteiger partial charge on any atom is 0.284 e. The van der Waals surface area contributed by atoms with Crippen LogP contribution in [0, 0.1) is 0 Å². The minimum atomic E-state index is -0.436. The number of rotatable bonds is 2. The first-order chi connectivity index (χ1) is 7.24. The van der Waals surface area contributed by atoms with Gasteiger partial charge in [-0.05, 0) is 12.1 Å². The lowest BCUT2D eigenvalue weighted by Crippen LogP contribution is -2.16. The van der Waals surface area contributed by atoms with E-state index in [4.69, 9.17) is 5.73 Å². The van der Waals surface area contributed by atoms with Gasteiger partial charge in [0.25, 0.3) is 5.56 Å². The molecule has 0 amide bonds. The van der Waals surface area contributed by atoms with E-state index in [9.17, 15) is 9.59 Å². The number of para-hydroxylation sites is 1. The topological polar surface area (TPSA) is 80.9 Å². The van der Waals surface area contributed by atoms with Crippen LogP contribution in [0.5, 0.6) is 0 Å². The highest BCUT2D eigenvalue weighted by Gasteiger charge is 2.11. The molecular formula is C10H9N3O2. The summed E-state index contributed by atoms with van der Waals surface area (Å²) < 4.78 is 1.24. The van der Waals surface area contributed by atoms with Gasteiger partial charge in [0.1, 0.15) is 11.4 Å². The number of nitrogens with one attached hydrogen (secondary N) is 1. The highest BCUT2D eigenvalue weighted by Crippen LogP contribution is 2.06. The SMILES string of the molecule is Nc1[nH]n(-c2ccccc2)c(=O)c1C=O. The summed E-state index contributed by atoms with van der Waals surface area (Å²) in [6, 6.07) is 8.90. The van der Waals surface area contributed by atoms with Crippen molar-refractivity contribution in [3.8, 4) is 5.69 Å². The molecule has 15 heavy (non-hydrogen) atoms. The Morgan fingerprint density at radius 1 is 1.27 bits per heavy atom. The van der Waals surface area contributed by atoms with E-state index in [2.05, 4.69) is 5.10 Å². The first kappa shape index (κ1) is 9.26. The Morgan fingerprint density at radius 3 is 2.47 bits per heavy atom. The monoisotopic (exact) mass is 203 g/mol. The van der Waals surface area contributed by atoms with Crippen molar-refractivity contribution in [2.24, 2.45) is 0 Å². The number of aromatic nitrogens is 2. The van der Waals surface area contributed by atoms with Gasteiger partial charge in [0.15, 0.2) is 6.29 Å². The van der Waals surface area contributed by atoms with Gasteiger partial charge in [0.05, 0.1) is 5.69 Å². The molecule has 0 aliphatic rings. The number of hydrogen-bond acceptors (Lipinski definition) is 3. The second kappa shape index (κ2) is 3.45. The third-order valence-electron chi connectivity index (χ3n) is 2.09. The van der Waals surface area contributed by atoms with Crippen LogP contribution in [0.4, 0.5) is 5.82 Å². The number of aldehydes is 1. The molecule has 0 unspecified atom stereocenters. The van der Waals surface area contributed by atoms with E-state index in [0.29, 0.717) is 12.0 Å². The zero-order chi connectivity index (χ0) is 10.8. The Balaban J connectivity index is 2.66. The predicted octanol–water partition coefficient (Wildman–Crippen LogP) is 0.560. The number of nitrogens with zero attached hydrogens (tertiary/aromatic N) is 1. The fraction of sp³-hybridized carbons (Fsp3) is 0. The van der Waals surface area contributed by atoms with Crippen LogP contribution < -0.4 is 11.3 Å². The van der Waals surface area contributed by atoms with E-state index in [1.165, 1.54) is 4.68 Å². The van der Waals surface area contributed by atoms with Crippen LogP contribution in [0.15, 0.2) is 35.1 Å². The standard InChI is InChI=1S/C10H9N3O2/c11-9-8(6-14)10(15)13(12-9)7-4-2-1-3-5-7/h1-6,12H,11H2. The van der Waals surface area contributed by atoms with Crippen molar-refractivity contribution in [2.75, 3.05) is 5.73 Å². The molecule has 5 heteroatoms. The van der Waals surface area contributed by atoms with Crippen LogP contribution in [0.1, 0.15) is 10.4 Å². The van der Waals surface area contributed by atoms with Crippen molar-refractivity contribution in [1.29, 1.82) is 0 Å². The number of H-pyrrole nitrogens is 1. The Hall–Kier alpha value is -2.30. The molecule has 1 heterocycles. The zero-order valence-electron chi connectivity index (χ0n) is 7.81. The van der Waals surface area contributed by atoms with E-state index in [1.807, 2.05) is 6.07 Å². The van der Waals surface area contributed by atoms with E-state index in [1.54, 1.807) is 24.3 Å². The third-order valence-corrected chi connectivity index (χ3v) is 2.09. The van der Waals surface area contributed by atoms with Crippen LogP contribution in [-0.4, -0.2) is 16.1 Å². The summed E-state index contributed by atoms with van der Waals surface area (Å²) in [6.45, 7) is 0. The van der Waals surface area contributed by atoms with E-state index in [-0.39, 0.29) is 11.4 Å². The summed E-state index contributed by atoms with van der Waals surface area (Å²) >= 11 is 0. The highest BCUT2D eigenvalue weighted by molar-refractivity contribution is 5.81. The van der Waals surface area contributed by atoms with Crippen molar-refractivity contribution in [1.82, 2.24) is 9.78 Å². The number of carbonyl (C=O) groups is 1. The van der Waals surface area contributed by atoms with Gasteiger partial charge in [0, 0.05) is 0 Å². The molecule has 0 aliphatic heterocycles. The lowest BCUT2D eigenvalue weighted by atomic mass is 10.3. The molecule has 1 aromatic carbocycles. The minimum absolute atomic E-state index is 0.0427. The Labute approximate surface area is 85.1 Å². The summed E-state index contributed by atoms with van der Waals surface area (Å²) in [5.74, 6) is 0.0823. The second-order valence-corrected chi connectivity index (χ2v) is 3.03. The number of nitrogen functional groups attached to an aromatic ring is 1. The molecule has 0 fully saturated rings. The molecule has 1 aromatic heterocycles. The molecule has 76 valence electrons. The third kappa shape index (κ3) is 1.43. The van der Waals surface area contributed by atoms with Gasteiger partial charge in [-0.1, -0.05) is 18.2 Å². The zero-order valence-corrected chi connectivity index (χ0v) is 7.81. The molecule has 0 saturated carbocycles. The van der Waals surface area contributed by atoms with Crippen LogP contribution in [0.3, 0.4) is 0 Å². The lowest BCUT2D eigenvalue weighted by Gasteiger charge is -1.99. The summed E-state index contributed by atoms with van der Waals surface area (Å²) in [5, 5.41) is 2.63. The molecule has 2 aromatic rings. The first-order valence-corrected chi connectivity index (χ1v) is 4.35. The van der Waals surface area contributed by atoms with E-state index >= 15 is 0 Å². The van der Waals surface area contributed by atoms with Crippen LogP contribution in [0.2, 0.25) is 0 Å². The molecule has 5 nitrogen and oxygen atoms in total. The summed E-state index contributed by atoms with van der Waals surface area (Å²) in [6.07, 6.45) is 0.452. The van der Waals surface area contributed by atoms with Crippen molar-refractivity contribution < 1.29 is 4.79 Å². The summed E-state index contributed by atoms with van der Waals surface area (Å²) in [4.78, 5) is 22.2. The lowest BCUT2D eigenvalue weighted by molar-refractivity contribution is 0.112. The molecule has 0 atom stereocenters. The highest BCUT2D eigenvalue weighted by atomic mass is 16.1. The average Bonchev–Trinajstić information content (AvgIpc) is 2.55. The molecule has 0 bridgehead atoms. The normalized spacial score (nSPS) is 10.1. The van der Waals surface area contributed by atoms with E-state index in [0.717, 1.165) is 0 Å². The predicted molar refractivity (Wildman–Crippen MR) is 56.2 cm³/mol. The fourth-order valence-corrected chi connectivity index (χ4v) is 1.34. The molecule has 3 N–H and O–H groups in total. The maximum absolute atomic E-state index is 11.6. The van der Waals surface area contributed by atoms with Gasteiger partial charge in [-0.15, -0.1) is 0 Å². The van der Waals surface area contributed by atoms with Gasteiger partial charge in [-0.25, -0.2) is 4.68 Å². The number of hydrogen-bond donors (Lipinski definition) is 2. The Morgan fingerprint density at radius 2 is 1.93 bits per heavy atom. The minimum Gasteiger partial charge on any atom is -0.383 e. The molecule has 2 rings (SSSR count). The number of anilines is 1. The molecule has 0 aliphatic carbocycles. The molecule has 0 spiro atoms. The van der Waals surface area contributed by atoms with E-state index < -0.39 is 5.56 Å². The first-order valence-electron chi connectivity index (χ1n) is 4.35. The average molecular weight is 203 g/mol. The Kier molecular flexibility index (Phi) is 2.13. The maximum atomic E-state index is 11.6. The van der Waals surface area contributed by atoms with Gasteiger partial charge >= 0.3 is 0 Å². The number of benzene rings is 1. The van der Waals surface area contributed by atoms with Gasteiger partial charge < -0.3 is 5.73 Å². The van der Waals surface area contributed by atoms with Crippen LogP contribution in [-0.2, 0) is 0 Å². The quantitative estimate of drug-likeness (QED) is 0.700. The van der Waals surface area contributed by atoms with Crippen molar-refractivity contribution in [3.05, 3.63) is 46.2 Å². The molecular weight excluding hydrogens is 194 g/mol. The van der Waals surface area contributed by atoms with Crippen molar-refractivity contribution >= 4 is 12.1 Å². The number of aromatic amines is 1. The number of nitrogens with two attached hydrogens (primary N) is 1.